The monoisotopic (exact) mass is 375 g/mol. The van der Waals surface area contributed by atoms with Gasteiger partial charge in [0.05, 0.1) is 24.4 Å². The summed E-state index contributed by atoms with van der Waals surface area (Å²) in [6.45, 7) is 6.76. The van der Waals surface area contributed by atoms with Crippen LogP contribution in [0.4, 0.5) is 0 Å². The van der Waals surface area contributed by atoms with Crippen LogP contribution in [-0.4, -0.2) is 40.6 Å². The molecule has 0 aliphatic heterocycles. The van der Waals surface area contributed by atoms with E-state index < -0.39 is 0 Å². The fourth-order valence-electron chi connectivity index (χ4n) is 2.66. The number of nitrogens with zero attached hydrogens (tertiary/aromatic N) is 2. The van der Waals surface area contributed by atoms with E-state index in [1.807, 2.05) is 55.8 Å². The van der Waals surface area contributed by atoms with Crippen LogP contribution in [0.2, 0.25) is 0 Å². The molecule has 140 valence electrons. The number of aromatic nitrogens is 2. The summed E-state index contributed by atoms with van der Waals surface area (Å²) in [7, 11) is 1.62. The summed E-state index contributed by atoms with van der Waals surface area (Å²) < 4.78 is 6.86. The predicted molar refractivity (Wildman–Crippen MR) is 105 cm³/mol. The molecule has 0 bridgehead atoms. The van der Waals surface area contributed by atoms with Gasteiger partial charge < -0.3 is 10.1 Å². The van der Waals surface area contributed by atoms with E-state index in [1.54, 1.807) is 7.11 Å². The summed E-state index contributed by atoms with van der Waals surface area (Å²) in [5.74, 6) is -0.275. The number of nitrogens with one attached hydrogen (secondary N) is 3. The summed E-state index contributed by atoms with van der Waals surface area (Å²) in [6.07, 6.45) is 0. The van der Waals surface area contributed by atoms with E-state index in [2.05, 4.69) is 21.3 Å². The van der Waals surface area contributed by atoms with Gasteiger partial charge in [-0.15, -0.1) is 0 Å². The van der Waals surface area contributed by atoms with Crippen molar-refractivity contribution in [1.29, 1.82) is 0 Å². The van der Waals surface area contributed by atoms with Gasteiger partial charge in [-0.3, -0.25) is 20.3 Å². The molecule has 7 nitrogen and oxygen atoms in total. The second-order valence-electron chi connectivity index (χ2n) is 6.10. The van der Waals surface area contributed by atoms with Gasteiger partial charge in [0.2, 0.25) is 0 Å². The normalized spacial score (nSPS) is 11.7. The quantitative estimate of drug-likeness (QED) is 0.527. The molecule has 2 rings (SSSR count). The van der Waals surface area contributed by atoms with Crippen LogP contribution in [0.3, 0.4) is 0 Å². The van der Waals surface area contributed by atoms with Gasteiger partial charge in [0.15, 0.2) is 5.11 Å². The van der Waals surface area contributed by atoms with Crippen LogP contribution >= 0.6 is 12.2 Å². The molecule has 2 aromatic rings. The fraction of sp³-hybridized carbons (Fsp3) is 0.389. The fourth-order valence-corrected chi connectivity index (χ4v) is 2.92. The molecule has 1 aromatic heterocycles. The van der Waals surface area contributed by atoms with E-state index >= 15 is 0 Å². The minimum Gasteiger partial charge on any atom is -0.383 e. The molecule has 0 aliphatic rings. The Balaban J connectivity index is 2.00. The number of benzene rings is 1. The number of ether oxygens (including phenoxy) is 1. The van der Waals surface area contributed by atoms with Crippen molar-refractivity contribution < 1.29 is 9.53 Å². The van der Waals surface area contributed by atoms with Crippen molar-refractivity contribution in [2.45, 2.75) is 33.4 Å². The summed E-state index contributed by atoms with van der Waals surface area (Å²) >= 11 is 5.16. The molecule has 26 heavy (non-hydrogen) atoms. The maximum atomic E-state index is 12.5. The molecule has 0 aliphatic carbocycles. The number of hydrogen-bond donors (Lipinski definition) is 3. The first-order valence-electron chi connectivity index (χ1n) is 8.36. The molecule has 1 heterocycles. The number of methoxy groups -OCH3 is 1. The Morgan fingerprint density at radius 1 is 1.27 bits per heavy atom. The smallest absolute Gasteiger partial charge is 0.273 e. The van der Waals surface area contributed by atoms with Crippen LogP contribution in [0.25, 0.3) is 0 Å². The van der Waals surface area contributed by atoms with Crippen LogP contribution < -0.4 is 16.2 Å². The topological polar surface area (TPSA) is 80.2 Å². The Hall–Kier alpha value is -2.45. The first kappa shape index (κ1) is 19.9. The van der Waals surface area contributed by atoms with Crippen molar-refractivity contribution in [1.82, 2.24) is 25.9 Å². The van der Waals surface area contributed by atoms with Gasteiger partial charge in [-0.25, -0.2) is 0 Å². The van der Waals surface area contributed by atoms with Crippen molar-refractivity contribution >= 4 is 23.2 Å². The Kier molecular flexibility index (Phi) is 7.11. The lowest BCUT2D eigenvalue weighted by Crippen LogP contribution is -2.50. The first-order chi connectivity index (χ1) is 12.4. The van der Waals surface area contributed by atoms with Crippen LogP contribution in [0.5, 0.6) is 0 Å². The Bertz CT molecular complexity index is 760. The number of thiocarbonyl (C=S) groups is 1. The summed E-state index contributed by atoms with van der Waals surface area (Å²) in [5, 5.41) is 7.83. The molecule has 0 saturated heterocycles. The third-order valence-corrected chi connectivity index (χ3v) is 4.09. The molecule has 0 unspecified atom stereocenters. The molecule has 0 fully saturated rings. The van der Waals surface area contributed by atoms with Gasteiger partial charge in [0, 0.05) is 18.8 Å². The van der Waals surface area contributed by atoms with Crippen LogP contribution in [0.15, 0.2) is 30.3 Å². The summed E-state index contributed by atoms with van der Waals surface area (Å²) in [4.78, 5) is 12.5. The zero-order chi connectivity index (χ0) is 19.1. The van der Waals surface area contributed by atoms with Crippen LogP contribution in [0, 0.1) is 13.8 Å². The number of hydrazine groups is 1. The average molecular weight is 375 g/mol. The highest BCUT2D eigenvalue weighted by Gasteiger charge is 2.19. The second kappa shape index (κ2) is 9.30. The van der Waals surface area contributed by atoms with E-state index in [1.165, 1.54) is 0 Å². The second-order valence-corrected chi connectivity index (χ2v) is 6.51. The summed E-state index contributed by atoms with van der Waals surface area (Å²) in [5.41, 5.74) is 8.47. The minimum atomic E-state index is -0.275. The van der Waals surface area contributed by atoms with E-state index in [9.17, 15) is 4.79 Å². The number of carbonyl (C=O) groups is 1. The Labute approximate surface area is 159 Å². The molecule has 8 heteroatoms. The van der Waals surface area contributed by atoms with E-state index in [4.69, 9.17) is 17.0 Å². The lowest BCUT2D eigenvalue weighted by Gasteiger charge is -2.16. The Morgan fingerprint density at radius 2 is 1.96 bits per heavy atom. The van der Waals surface area contributed by atoms with Gasteiger partial charge in [0.1, 0.15) is 0 Å². The van der Waals surface area contributed by atoms with Crippen LogP contribution in [0.1, 0.15) is 34.2 Å². The molecule has 0 spiro atoms. The number of aryl methyl sites for hydroxylation is 1. The van der Waals surface area contributed by atoms with Crippen molar-refractivity contribution in [3.63, 3.8) is 0 Å². The average Bonchev–Trinajstić information content (AvgIpc) is 2.87. The van der Waals surface area contributed by atoms with Gasteiger partial charge in [0.25, 0.3) is 5.91 Å². The first-order valence-corrected chi connectivity index (χ1v) is 8.77. The number of carbonyl (C=O) groups excluding carboxylic acids is 1. The van der Waals surface area contributed by atoms with Gasteiger partial charge in [-0.2, -0.15) is 5.10 Å². The SMILES string of the molecule is COC[C@H](C)NC(=S)NNC(=O)c1c(C)nn(Cc2ccccc2)c1C. The number of rotatable bonds is 6. The molecule has 1 atom stereocenters. The molecule has 0 radical (unpaired) electrons. The largest absolute Gasteiger partial charge is 0.383 e. The van der Waals surface area contributed by atoms with Gasteiger partial charge in [-0.1, -0.05) is 30.3 Å². The van der Waals surface area contributed by atoms with Crippen molar-refractivity contribution in [2.24, 2.45) is 0 Å². The molecule has 0 saturated carbocycles. The lowest BCUT2D eigenvalue weighted by molar-refractivity contribution is 0.0942. The number of hydrogen-bond acceptors (Lipinski definition) is 4. The molecular formula is C18H25N5O2S. The Morgan fingerprint density at radius 3 is 2.62 bits per heavy atom. The van der Waals surface area contributed by atoms with E-state index in [-0.39, 0.29) is 11.9 Å². The van der Waals surface area contributed by atoms with Crippen LogP contribution in [-0.2, 0) is 11.3 Å². The maximum Gasteiger partial charge on any atom is 0.273 e. The molecule has 1 amide bonds. The zero-order valence-corrected chi connectivity index (χ0v) is 16.3. The highest BCUT2D eigenvalue weighted by Crippen LogP contribution is 2.14. The third kappa shape index (κ3) is 5.27. The molecule has 1 aromatic carbocycles. The van der Waals surface area contributed by atoms with Gasteiger partial charge in [-0.05, 0) is 38.6 Å². The van der Waals surface area contributed by atoms with Crippen molar-refractivity contribution in [3.05, 3.63) is 52.8 Å². The number of amides is 1. The standard InChI is InChI=1S/C18H25N5O2S/c1-12(11-25-4)19-18(26)21-20-17(24)16-13(2)22-23(14(16)3)10-15-8-6-5-7-9-15/h5-9,12H,10-11H2,1-4H3,(H,20,24)(H2,19,21,26)/t12-/m0/s1. The van der Waals surface area contributed by atoms with E-state index in [0.29, 0.717) is 29.5 Å². The van der Waals surface area contributed by atoms with E-state index in [0.717, 1.165) is 11.3 Å². The maximum absolute atomic E-state index is 12.5. The highest BCUT2D eigenvalue weighted by atomic mass is 32.1. The lowest BCUT2D eigenvalue weighted by atomic mass is 10.2. The molecule has 3 N–H and O–H groups in total. The highest BCUT2D eigenvalue weighted by molar-refractivity contribution is 7.80. The molecular weight excluding hydrogens is 350 g/mol. The van der Waals surface area contributed by atoms with Gasteiger partial charge >= 0.3 is 0 Å². The summed E-state index contributed by atoms with van der Waals surface area (Å²) in [6, 6.07) is 10.0. The third-order valence-electron chi connectivity index (χ3n) is 3.87. The minimum absolute atomic E-state index is 0.0361. The zero-order valence-electron chi connectivity index (χ0n) is 15.5. The van der Waals surface area contributed by atoms with Crippen molar-refractivity contribution in [3.8, 4) is 0 Å². The predicted octanol–water partition coefficient (Wildman–Crippen LogP) is 1.69. The van der Waals surface area contributed by atoms with Crippen molar-refractivity contribution in [2.75, 3.05) is 13.7 Å².